The van der Waals surface area contributed by atoms with Crippen molar-refractivity contribution < 1.29 is 10.2 Å². The highest BCUT2D eigenvalue weighted by atomic mass is 79.9. The van der Waals surface area contributed by atoms with Crippen LogP contribution in [-0.2, 0) is 12.8 Å². The third-order valence-corrected chi connectivity index (χ3v) is 6.71. The van der Waals surface area contributed by atoms with Gasteiger partial charge in [-0.2, -0.15) is 0 Å². The predicted molar refractivity (Wildman–Crippen MR) is 126 cm³/mol. The number of phenols is 2. The van der Waals surface area contributed by atoms with Crippen molar-refractivity contribution in [3.8, 4) is 34.0 Å². The largest absolute Gasteiger partial charge is 0.506 e. The molecule has 0 spiro atoms. The third kappa shape index (κ3) is 4.15. The standard InChI is InChI=1S/C20H16Br4N2O2/c1-3-15-17(9-5-11(21)19(27)12(22)6-9)26-16(4-2)18(25-15)10-7-13(23)20(28)14(24)8-10/h5-8,27-28H,3-4H2,1-2H3. The van der Waals surface area contributed by atoms with Crippen LogP contribution >= 0.6 is 63.7 Å². The molecule has 2 N–H and O–H groups in total. The number of aromatic nitrogens is 2. The van der Waals surface area contributed by atoms with Gasteiger partial charge < -0.3 is 10.2 Å². The van der Waals surface area contributed by atoms with Gasteiger partial charge in [-0.3, -0.25) is 0 Å². The van der Waals surface area contributed by atoms with Crippen LogP contribution in [-0.4, -0.2) is 20.2 Å². The van der Waals surface area contributed by atoms with Crippen molar-refractivity contribution in [1.29, 1.82) is 0 Å². The van der Waals surface area contributed by atoms with E-state index in [1.165, 1.54) is 0 Å². The lowest BCUT2D eigenvalue weighted by Crippen LogP contribution is -2.04. The van der Waals surface area contributed by atoms with Crippen molar-refractivity contribution in [2.75, 3.05) is 0 Å². The number of phenolic OH excluding ortho intramolecular Hbond substituents is 2. The molecule has 146 valence electrons. The van der Waals surface area contributed by atoms with Gasteiger partial charge in [-0.05, 0) is 101 Å². The molecule has 1 aromatic heterocycles. The smallest absolute Gasteiger partial charge is 0.143 e. The van der Waals surface area contributed by atoms with Crippen LogP contribution < -0.4 is 0 Å². The van der Waals surface area contributed by atoms with Gasteiger partial charge in [0.15, 0.2) is 0 Å². The Kier molecular flexibility index (Phi) is 6.84. The maximum atomic E-state index is 10.0. The SMILES string of the molecule is CCc1nc(-c2cc(Br)c(O)c(Br)c2)c(CC)nc1-c1cc(Br)c(O)c(Br)c1. The van der Waals surface area contributed by atoms with Crippen LogP contribution in [0.5, 0.6) is 11.5 Å². The minimum absolute atomic E-state index is 0.154. The Bertz CT molecular complexity index is 939. The topological polar surface area (TPSA) is 66.2 Å². The van der Waals surface area contributed by atoms with Gasteiger partial charge in [-0.25, -0.2) is 9.97 Å². The van der Waals surface area contributed by atoms with Crippen LogP contribution in [0.1, 0.15) is 25.2 Å². The van der Waals surface area contributed by atoms with E-state index in [2.05, 4.69) is 63.7 Å². The Balaban J connectivity index is 2.24. The molecule has 0 atom stereocenters. The predicted octanol–water partition coefficient (Wildman–Crippen LogP) is 7.40. The Morgan fingerprint density at radius 1 is 0.643 bits per heavy atom. The van der Waals surface area contributed by atoms with Crippen molar-refractivity contribution in [1.82, 2.24) is 9.97 Å². The van der Waals surface area contributed by atoms with E-state index in [1.54, 1.807) is 0 Å². The molecule has 0 fully saturated rings. The summed E-state index contributed by atoms with van der Waals surface area (Å²) in [6.07, 6.45) is 1.41. The highest BCUT2D eigenvalue weighted by molar-refractivity contribution is 9.11. The molecular formula is C20H16Br4N2O2. The van der Waals surface area contributed by atoms with Gasteiger partial charge in [-0.1, -0.05) is 13.8 Å². The van der Waals surface area contributed by atoms with Crippen LogP contribution in [0.15, 0.2) is 42.2 Å². The zero-order valence-electron chi connectivity index (χ0n) is 15.0. The second kappa shape index (κ2) is 8.81. The van der Waals surface area contributed by atoms with E-state index in [0.29, 0.717) is 30.7 Å². The Morgan fingerprint density at radius 2 is 0.929 bits per heavy atom. The van der Waals surface area contributed by atoms with E-state index in [-0.39, 0.29) is 11.5 Å². The van der Waals surface area contributed by atoms with Gasteiger partial charge in [0, 0.05) is 11.1 Å². The van der Waals surface area contributed by atoms with E-state index in [0.717, 1.165) is 33.9 Å². The van der Waals surface area contributed by atoms with Crippen LogP contribution in [0.2, 0.25) is 0 Å². The summed E-state index contributed by atoms with van der Waals surface area (Å²) in [5.74, 6) is 0.307. The summed E-state index contributed by atoms with van der Waals surface area (Å²) in [7, 11) is 0. The molecule has 3 aromatic rings. The van der Waals surface area contributed by atoms with Gasteiger partial charge >= 0.3 is 0 Å². The van der Waals surface area contributed by atoms with Crippen LogP contribution in [0.3, 0.4) is 0 Å². The zero-order chi connectivity index (χ0) is 20.6. The summed E-state index contributed by atoms with van der Waals surface area (Å²) in [6.45, 7) is 4.08. The second-order valence-corrected chi connectivity index (χ2v) is 9.52. The molecule has 0 unspecified atom stereocenters. The Hall–Kier alpha value is -0.960. The van der Waals surface area contributed by atoms with Crippen LogP contribution in [0, 0.1) is 0 Å². The fourth-order valence-corrected chi connectivity index (χ4v) is 5.24. The number of aryl methyl sites for hydroxylation is 2. The number of benzene rings is 2. The molecule has 0 aliphatic rings. The highest BCUT2D eigenvalue weighted by Gasteiger charge is 2.18. The monoisotopic (exact) mass is 632 g/mol. The lowest BCUT2D eigenvalue weighted by Gasteiger charge is -2.15. The average Bonchev–Trinajstić information content (AvgIpc) is 2.68. The van der Waals surface area contributed by atoms with Gasteiger partial charge in [0.05, 0.1) is 40.7 Å². The first-order chi connectivity index (χ1) is 13.3. The molecule has 3 rings (SSSR count). The van der Waals surface area contributed by atoms with Crippen molar-refractivity contribution in [3.05, 3.63) is 53.5 Å². The average molecular weight is 636 g/mol. The first-order valence-electron chi connectivity index (χ1n) is 8.53. The summed E-state index contributed by atoms with van der Waals surface area (Å²) < 4.78 is 2.37. The quantitative estimate of drug-likeness (QED) is 0.314. The number of hydrogen-bond donors (Lipinski definition) is 2. The van der Waals surface area contributed by atoms with Crippen molar-refractivity contribution in [2.24, 2.45) is 0 Å². The molecule has 1 heterocycles. The van der Waals surface area contributed by atoms with Gasteiger partial charge in [0.25, 0.3) is 0 Å². The van der Waals surface area contributed by atoms with Crippen molar-refractivity contribution >= 4 is 63.7 Å². The number of halogens is 4. The summed E-state index contributed by atoms with van der Waals surface area (Å²) in [4.78, 5) is 9.85. The first-order valence-corrected chi connectivity index (χ1v) is 11.7. The Labute approximate surface area is 197 Å². The molecule has 4 nitrogen and oxygen atoms in total. The fraction of sp³-hybridized carbons (Fsp3) is 0.200. The van der Waals surface area contributed by atoms with Gasteiger partial charge in [-0.15, -0.1) is 0 Å². The normalized spacial score (nSPS) is 11.1. The van der Waals surface area contributed by atoms with Gasteiger partial charge in [0.2, 0.25) is 0 Å². The molecular weight excluding hydrogens is 620 g/mol. The molecule has 0 radical (unpaired) electrons. The molecule has 0 aliphatic carbocycles. The number of rotatable bonds is 4. The fourth-order valence-electron chi connectivity index (χ4n) is 2.86. The maximum absolute atomic E-state index is 10.0. The highest BCUT2D eigenvalue weighted by Crippen LogP contribution is 2.40. The van der Waals surface area contributed by atoms with E-state index in [1.807, 2.05) is 38.1 Å². The van der Waals surface area contributed by atoms with Crippen molar-refractivity contribution in [3.63, 3.8) is 0 Å². The minimum atomic E-state index is 0.154. The summed E-state index contributed by atoms with van der Waals surface area (Å²) in [6, 6.07) is 7.37. The molecule has 0 saturated carbocycles. The molecule has 2 aromatic carbocycles. The van der Waals surface area contributed by atoms with E-state index in [4.69, 9.17) is 9.97 Å². The maximum Gasteiger partial charge on any atom is 0.143 e. The van der Waals surface area contributed by atoms with Crippen LogP contribution in [0.4, 0.5) is 0 Å². The third-order valence-electron chi connectivity index (χ3n) is 4.29. The second-order valence-electron chi connectivity index (χ2n) is 6.10. The molecule has 28 heavy (non-hydrogen) atoms. The first kappa shape index (κ1) is 21.7. The summed E-state index contributed by atoms with van der Waals surface area (Å²) in [5.41, 5.74) is 5.04. The van der Waals surface area contributed by atoms with Crippen LogP contribution in [0.25, 0.3) is 22.5 Å². The molecule has 0 amide bonds. The molecule has 0 saturated heterocycles. The van der Waals surface area contributed by atoms with Gasteiger partial charge in [0.1, 0.15) is 11.5 Å². The number of hydrogen-bond acceptors (Lipinski definition) is 4. The lowest BCUT2D eigenvalue weighted by molar-refractivity contribution is 0.468. The van der Waals surface area contributed by atoms with E-state index >= 15 is 0 Å². The molecule has 0 bridgehead atoms. The van der Waals surface area contributed by atoms with Crippen molar-refractivity contribution in [2.45, 2.75) is 26.7 Å². The van der Waals surface area contributed by atoms with E-state index < -0.39 is 0 Å². The summed E-state index contributed by atoms with van der Waals surface area (Å²) >= 11 is 13.6. The summed E-state index contributed by atoms with van der Waals surface area (Å²) in [5, 5.41) is 20.0. The van der Waals surface area contributed by atoms with E-state index in [9.17, 15) is 10.2 Å². The number of nitrogens with zero attached hydrogens (tertiary/aromatic N) is 2. The number of aromatic hydroxyl groups is 2. The Morgan fingerprint density at radius 3 is 1.18 bits per heavy atom. The molecule has 8 heteroatoms. The zero-order valence-corrected chi connectivity index (χ0v) is 21.4. The minimum Gasteiger partial charge on any atom is -0.506 e. The lowest BCUT2D eigenvalue weighted by atomic mass is 10.0. The molecule has 0 aliphatic heterocycles.